The molecule has 1 heterocycles. The van der Waals surface area contributed by atoms with Crippen molar-refractivity contribution >= 4 is 0 Å². The highest BCUT2D eigenvalue weighted by Gasteiger charge is 2.29. The number of rotatable bonds is 4. The Balaban J connectivity index is 1.83. The SMILES string of the molecule is CCCCNC1NC1C. The summed E-state index contributed by atoms with van der Waals surface area (Å²) in [5.41, 5.74) is 0. The predicted molar refractivity (Wildman–Crippen MR) is 39.3 cm³/mol. The molecule has 0 aromatic rings. The molecule has 1 aliphatic rings. The molecular formula is C7H16N2. The van der Waals surface area contributed by atoms with Gasteiger partial charge in [-0.25, -0.2) is 0 Å². The summed E-state index contributed by atoms with van der Waals surface area (Å²) in [5, 5.41) is 6.68. The molecular weight excluding hydrogens is 112 g/mol. The lowest BCUT2D eigenvalue weighted by molar-refractivity contribution is 0.623. The van der Waals surface area contributed by atoms with Gasteiger partial charge in [0.1, 0.15) is 0 Å². The van der Waals surface area contributed by atoms with Crippen molar-refractivity contribution < 1.29 is 0 Å². The highest BCUT2D eigenvalue weighted by molar-refractivity contribution is 4.91. The number of nitrogens with one attached hydrogen (secondary N) is 2. The van der Waals surface area contributed by atoms with Crippen LogP contribution in [0, 0.1) is 0 Å². The molecule has 54 valence electrons. The number of hydrogen-bond donors (Lipinski definition) is 2. The fourth-order valence-electron chi connectivity index (χ4n) is 0.898. The molecule has 1 fully saturated rings. The molecule has 1 saturated heterocycles. The van der Waals surface area contributed by atoms with E-state index in [4.69, 9.17) is 0 Å². The summed E-state index contributed by atoms with van der Waals surface area (Å²) < 4.78 is 0. The molecule has 0 radical (unpaired) electrons. The normalized spacial score (nSPS) is 32.7. The van der Waals surface area contributed by atoms with E-state index in [-0.39, 0.29) is 0 Å². The first kappa shape index (κ1) is 7.03. The lowest BCUT2D eigenvalue weighted by Gasteiger charge is -1.97. The zero-order chi connectivity index (χ0) is 6.69. The van der Waals surface area contributed by atoms with Crippen LogP contribution in [-0.2, 0) is 0 Å². The van der Waals surface area contributed by atoms with Crippen molar-refractivity contribution in [2.75, 3.05) is 6.54 Å². The maximum Gasteiger partial charge on any atom is 0.0730 e. The maximum atomic E-state index is 3.40. The van der Waals surface area contributed by atoms with E-state index in [2.05, 4.69) is 24.5 Å². The summed E-state index contributed by atoms with van der Waals surface area (Å²) in [6.45, 7) is 5.58. The Bertz CT molecular complexity index is 83.0. The van der Waals surface area contributed by atoms with Crippen LogP contribution in [-0.4, -0.2) is 18.8 Å². The minimum Gasteiger partial charge on any atom is -0.301 e. The van der Waals surface area contributed by atoms with Crippen molar-refractivity contribution in [3.05, 3.63) is 0 Å². The zero-order valence-corrected chi connectivity index (χ0v) is 6.28. The van der Waals surface area contributed by atoms with Gasteiger partial charge in [0.2, 0.25) is 0 Å². The van der Waals surface area contributed by atoms with Crippen LogP contribution in [0.25, 0.3) is 0 Å². The molecule has 1 aliphatic heterocycles. The van der Waals surface area contributed by atoms with Crippen molar-refractivity contribution in [1.82, 2.24) is 10.6 Å². The smallest absolute Gasteiger partial charge is 0.0730 e. The lowest BCUT2D eigenvalue weighted by Crippen LogP contribution is -2.21. The number of hydrogen-bond acceptors (Lipinski definition) is 2. The van der Waals surface area contributed by atoms with Gasteiger partial charge in [-0.1, -0.05) is 13.3 Å². The zero-order valence-electron chi connectivity index (χ0n) is 6.28. The van der Waals surface area contributed by atoms with E-state index in [0.29, 0.717) is 12.2 Å². The van der Waals surface area contributed by atoms with E-state index in [1.165, 1.54) is 19.4 Å². The molecule has 2 unspecified atom stereocenters. The topological polar surface area (TPSA) is 34.0 Å². The first-order chi connectivity index (χ1) is 4.34. The summed E-state index contributed by atoms with van der Waals surface area (Å²) in [7, 11) is 0. The van der Waals surface area contributed by atoms with E-state index >= 15 is 0 Å². The maximum absolute atomic E-state index is 3.40. The lowest BCUT2D eigenvalue weighted by atomic mass is 10.3. The van der Waals surface area contributed by atoms with Crippen LogP contribution in [0.1, 0.15) is 26.7 Å². The largest absolute Gasteiger partial charge is 0.301 e. The highest BCUT2D eigenvalue weighted by Crippen LogP contribution is 2.04. The van der Waals surface area contributed by atoms with Crippen LogP contribution in [0.5, 0.6) is 0 Å². The summed E-state index contributed by atoms with van der Waals surface area (Å²) in [5.74, 6) is 0. The van der Waals surface area contributed by atoms with E-state index in [9.17, 15) is 0 Å². The van der Waals surface area contributed by atoms with Gasteiger partial charge >= 0.3 is 0 Å². The van der Waals surface area contributed by atoms with Gasteiger partial charge in [0.25, 0.3) is 0 Å². The third-order valence-electron chi connectivity index (χ3n) is 1.73. The molecule has 0 saturated carbocycles. The minimum absolute atomic E-state index is 0.622. The Morgan fingerprint density at radius 1 is 1.56 bits per heavy atom. The molecule has 9 heavy (non-hydrogen) atoms. The Hall–Kier alpha value is -0.0800. The van der Waals surface area contributed by atoms with Gasteiger partial charge in [0.05, 0.1) is 6.17 Å². The fourth-order valence-corrected chi connectivity index (χ4v) is 0.898. The molecule has 2 nitrogen and oxygen atoms in total. The Morgan fingerprint density at radius 2 is 2.22 bits per heavy atom. The monoisotopic (exact) mass is 128 g/mol. The van der Waals surface area contributed by atoms with Crippen molar-refractivity contribution in [1.29, 1.82) is 0 Å². The highest BCUT2D eigenvalue weighted by atomic mass is 15.3. The molecule has 1 rings (SSSR count). The van der Waals surface area contributed by atoms with Gasteiger partial charge in [-0.05, 0) is 19.9 Å². The van der Waals surface area contributed by atoms with Crippen LogP contribution in [0.4, 0.5) is 0 Å². The Kier molecular flexibility index (Phi) is 2.49. The van der Waals surface area contributed by atoms with E-state index in [0.717, 1.165) is 0 Å². The quantitative estimate of drug-likeness (QED) is 0.431. The molecule has 0 aliphatic carbocycles. The molecule has 0 spiro atoms. The van der Waals surface area contributed by atoms with Crippen molar-refractivity contribution in [2.45, 2.75) is 38.9 Å². The van der Waals surface area contributed by atoms with Crippen LogP contribution in [0.15, 0.2) is 0 Å². The van der Waals surface area contributed by atoms with Crippen molar-refractivity contribution in [3.63, 3.8) is 0 Å². The summed E-state index contributed by atoms with van der Waals surface area (Å²) in [4.78, 5) is 0. The minimum atomic E-state index is 0.622. The van der Waals surface area contributed by atoms with Crippen LogP contribution in [0.3, 0.4) is 0 Å². The van der Waals surface area contributed by atoms with Crippen LogP contribution in [0.2, 0.25) is 0 Å². The summed E-state index contributed by atoms with van der Waals surface area (Å²) >= 11 is 0. The second kappa shape index (κ2) is 3.18. The van der Waals surface area contributed by atoms with E-state index < -0.39 is 0 Å². The van der Waals surface area contributed by atoms with Crippen molar-refractivity contribution in [3.8, 4) is 0 Å². The molecule has 0 aromatic carbocycles. The third-order valence-corrected chi connectivity index (χ3v) is 1.73. The van der Waals surface area contributed by atoms with Crippen LogP contribution >= 0.6 is 0 Å². The van der Waals surface area contributed by atoms with E-state index in [1.54, 1.807) is 0 Å². The van der Waals surface area contributed by atoms with Gasteiger partial charge in [-0.2, -0.15) is 0 Å². The van der Waals surface area contributed by atoms with Gasteiger partial charge in [-0.3, -0.25) is 5.32 Å². The van der Waals surface area contributed by atoms with Gasteiger partial charge in [-0.15, -0.1) is 0 Å². The number of unbranched alkanes of at least 4 members (excludes halogenated alkanes) is 1. The Labute approximate surface area is 57.0 Å². The summed E-state index contributed by atoms with van der Waals surface area (Å²) in [6, 6.07) is 0.710. The standard InChI is InChI=1S/C7H16N2/c1-3-4-5-8-7-6(2)9-7/h6-9H,3-5H2,1-2H3. The molecule has 2 heteroatoms. The van der Waals surface area contributed by atoms with Gasteiger partial charge in [0, 0.05) is 6.04 Å². The summed E-state index contributed by atoms with van der Waals surface area (Å²) in [6.07, 6.45) is 3.20. The Morgan fingerprint density at radius 3 is 2.67 bits per heavy atom. The van der Waals surface area contributed by atoms with Gasteiger partial charge < -0.3 is 5.32 Å². The molecule has 0 aromatic heterocycles. The molecule has 0 bridgehead atoms. The molecule has 2 N–H and O–H groups in total. The predicted octanol–water partition coefficient (Wildman–Crippen LogP) is 0.694. The average molecular weight is 128 g/mol. The first-order valence-corrected chi connectivity index (χ1v) is 3.84. The molecule has 2 atom stereocenters. The average Bonchev–Trinajstić information content (AvgIpc) is 2.48. The van der Waals surface area contributed by atoms with Gasteiger partial charge in [0.15, 0.2) is 0 Å². The molecule has 0 amide bonds. The third kappa shape index (κ3) is 2.33. The second-order valence-electron chi connectivity index (χ2n) is 2.74. The first-order valence-electron chi connectivity index (χ1n) is 3.84. The van der Waals surface area contributed by atoms with E-state index in [1.807, 2.05) is 0 Å². The van der Waals surface area contributed by atoms with Crippen LogP contribution < -0.4 is 10.6 Å². The van der Waals surface area contributed by atoms with Crippen molar-refractivity contribution in [2.24, 2.45) is 0 Å². The second-order valence-corrected chi connectivity index (χ2v) is 2.74. The fraction of sp³-hybridized carbons (Fsp3) is 1.00.